The van der Waals surface area contributed by atoms with E-state index in [4.69, 9.17) is 9.72 Å². The lowest BCUT2D eigenvalue weighted by Crippen LogP contribution is -2.46. The molecule has 1 aromatic carbocycles. The van der Waals surface area contributed by atoms with Gasteiger partial charge in [0.25, 0.3) is 0 Å². The van der Waals surface area contributed by atoms with E-state index in [9.17, 15) is 0 Å². The molecule has 1 aliphatic heterocycles. The minimum Gasteiger partial charge on any atom is -0.497 e. The van der Waals surface area contributed by atoms with Crippen molar-refractivity contribution in [2.45, 2.75) is 11.9 Å². The quantitative estimate of drug-likeness (QED) is 0.613. The number of thioether (sulfide) groups is 1. The van der Waals surface area contributed by atoms with Gasteiger partial charge in [-0.15, -0.1) is 11.8 Å². The van der Waals surface area contributed by atoms with Gasteiger partial charge in [-0.1, -0.05) is 6.92 Å². The lowest BCUT2D eigenvalue weighted by Gasteiger charge is -2.34. The van der Waals surface area contributed by atoms with Crippen molar-refractivity contribution < 1.29 is 4.74 Å². The molecule has 128 valence electrons. The van der Waals surface area contributed by atoms with Gasteiger partial charge in [0, 0.05) is 37.8 Å². The van der Waals surface area contributed by atoms with Crippen molar-refractivity contribution in [3.63, 3.8) is 0 Å². The normalized spacial score (nSPS) is 15.5. The van der Waals surface area contributed by atoms with E-state index in [-0.39, 0.29) is 0 Å². The summed E-state index contributed by atoms with van der Waals surface area (Å²) in [5.74, 6) is 2.64. The number of rotatable bonds is 5. The summed E-state index contributed by atoms with van der Waals surface area (Å²) in [4.78, 5) is 14.3. The SMILES string of the molecule is CCN1CCN(c2cc(SC)nc(-c3ccc(OC)cc3)n2)CC1. The first-order valence-electron chi connectivity index (χ1n) is 8.28. The number of benzene rings is 1. The third kappa shape index (κ3) is 3.82. The van der Waals surface area contributed by atoms with Gasteiger partial charge in [-0.05, 0) is 37.1 Å². The van der Waals surface area contributed by atoms with Crippen LogP contribution >= 0.6 is 11.8 Å². The molecule has 0 saturated carbocycles. The molecule has 0 atom stereocenters. The predicted octanol–water partition coefficient (Wildman–Crippen LogP) is 3.02. The number of piperazine rings is 1. The van der Waals surface area contributed by atoms with Gasteiger partial charge >= 0.3 is 0 Å². The van der Waals surface area contributed by atoms with Crippen molar-refractivity contribution in [1.29, 1.82) is 0 Å². The molecule has 0 unspecified atom stereocenters. The first-order valence-corrected chi connectivity index (χ1v) is 9.50. The van der Waals surface area contributed by atoms with Gasteiger partial charge in [0.15, 0.2) is 5.82 Å². The van der Waals surface area contributed by atoms with Crippen LogP contribution in [0.3, 0.4) is 0 Å². The summed E-state index contributed by atoms with van der Waals surface area (Å²) in [7, 11) is 1.67. The van der Waals surface area contributed by atoms with Crippen LogP contribution in [0.15, 0.2) is 35.4 Å². The molecule has 3 rings (SSSR count). The average Bonchev–Trinajstić information content (AvgIpc) is 2.67. The monoisotopic (exact) mass is 344 g/mol. The minimum absolute atomic E-state index is 0.775. The molecule has 2 heterocycles. The summed E-state index contributed by atoms with van der Waals surface area (Å²) in [5, 5.41) is 1.00. The molecule has 1 saturated heterocycles. The summed E-state index contributed by atoms with van der Waals surface area (Å²) in [6.07, 6.45) is 2.05. The zero-order chi connectivity index (χ0) is 16.9. The number of nitrogens with zero attached hydrogens (tertiary/aromatic N) is 4. The molecule has 5 nitrogen and oxygen atoms in total. The molecule has 1 aliphatic rings. The lowest BCUT2D eigenvalue weighted by molar-refractivity contribution is 0.270. The van der Waals surface area contributed by atoms with Gasteiger partial charge < -0.3 is 14.5 Å². The topological polar surface area (TPSA) is 41.5 Å². The second kappa shape index (κ2) is 7.85. The Morgan fingerprint density at radius 1 is 1.08 bits per heavy atom. The predicted molar refractivity (Wildman–Crippen MR) is 100 cm³/mol. The summed E-state index contributed by atoms with van der Waals surface area (Å²) < 4.78 is 5.23. The maximum Gasteiger partial charge on any atom is 0.162 e. The molecular weight excluding hydrogens is 320 g/mol. The molecule has 0 bridgehead atoms. The van der Waals surface area contributed by atoms with Crippen molar-refractivity contribution in [2.75, 3.05) is 51.0 Å². The van der Waals surface area contributed by atoms with Crippen LogP contribution in [-0.2, 0) is 0 Å². The molecule has 2 aromatic rings. The fourth-order valence-corrected chi connectivity index (χ4v) is 3.24. The first kappa shape index (κ1) is 17.0. The van der Waals surface area contributed by atoms with Gasteiger partial charge in [0.2, 0.25) is 0 Å². The van der Waals surface area contributed by atoms with E-state index in [0.29, 0.717) is 0 Å². The van der Waals surface area contributed by atoms with Crippen LogP contribution in [0.2, 0.25) is 0 Å². The zero-order valence-corrected chi connectivity index (χ0v) is 15.3. The maximum atomic E-state index is 5.23. The molecule has 0 N–H and O–H groups in total. The number of ether oxygens (including phenoxy) is 1. The number of anilines is 1. The largest absolute Gasteiger partial charge is 0.497 e. The molecule has 1 fully saturated rings. The fraction of sp³-hybridized carbons (Fsp3) is 0.444. The van der Waals surface area contributed by atoms with Gasteiger partial charge in [0.1, 0.15) is 16.6 Å². The van der Waals surface area contributed by atoms with Gasteiger partial charge in [0.05, 0.1) is 7.11 Å². The molecular formula is C18H24N4OS. The number of likely N-dealkylation sites (N-methyl/N-ethyl adjacent to an activating group) is 1. The summed E-state index contributed by atoms with van der Waals surface area (Å²) in [5.41, 5.74) is 1.01. The highest BCUT2D eigenvalue weighted by Gasteiger charge is 2.18. The highest BCUT2D eigenvalue weighted by atomic mass is 32.2. The summed E-state index contributed by atoms with van der Waals surface area (Å²) in [6.45, 7) is 7.54. The Balaban J connectivity index is 1.87. The van der Waals surface area contributed by atoms with Crippen molar-refractivity contribution >= 4 is 17.6 Å². The molecule has 24 heavy (non-hydrogen) atoms. The Morgan fingerprint density at radius 3 is 2.38 bits per heavy atom. The molecule has 0 amide bonds. The minimum atomic E-state index is 0.775. The Hall–Kier alpha value is -1.79. The van der Waals surface area contributed by atoms with Crippen LogP contribution in [0.25, 0.3) is 11.4 Å². The Bertz CT molecular complexity index is 669. The standard InChI is InChI=1S/C18H24N4OS/c1-4-21-9-11-22(12-10-21)16-13-17(24-3)20-18(19-16)14-5-7-15(23-2)8-6-14/h5-8,13H,4,9-12H2,1-3H3. The van der Waals surface area contributed by atoms with Crippen LogP contribution in [-0.4, -0.2) is 61.0 Å². The second-order valence-electron chi connectivity index (χ2n) is 5.74. The number of aromatic nitrogens is 2. The van der Waals surface area contributed by atoms with Crippen LogP contribution in [0, 0.1) is 0 Å². The van der Waals surface area contributed by atoms with Crippen molar-refractivity contribution in [2.24, 2.45) is 0 Å². The summed E-state index contributed by atoms with van der Waals surface area (Å²) in [6, 6.07) is 10.0. The van der Waals surface area contributed by atoms with Crippen molar-refractivity contribution in [3.8, 4) is 17.1 Å². The lowest BCUT2D eigenvalue weighted by atomic mass is 10.2. The third-order valence-corrected chi connectivity index (χ3v) is 5.02. The van der Waals surface area contributed by atoms with E-state index in [1.54, 1.807) is 18.9 Å². The molecule has 0 spiro atoms. The Kier molecular flexibility index (Phi) is 5.58. The second-order valence-corrected chi connectivity index (χ2v) is 6.57. The van der Waals surface area contributed by atoms with E-state index in [0.717, 1.165) is 60.7 Å². The van der Waals surface area contributed by atoms with Gasteiger partial charge in [-0.3, -0.25) is 0 Å². The molecule has 0 aliphatic carbocycles. The Morgan fingerprint density at radius 2 is 1.79 bits per heavy atom. The van der Waals surface area contributed by atoms with E-state index >= 15 is 0 Å². The van der Waals surface area contributed by atoms with Crippen molar-refractivity contribution in [3.05, 3.63) is 30.3 Å². The smallest absolute Gasteiger partial charge is 0.162 e. The number of hydrogen-bond donors (Lipinski definition) is 0. The van der Waals surface area contributed by atoms with E-state index in [1.807, 2.05) is 24.3 Å². The van der Waals surface area contributed by atoms with E-state index in [2.05, 4.69) is 34.0 Å². The highest BCUT2D eigenvalue weighted by Crippen LogP contribution is 2.26. The molecule has 6 heteroatoms. The maximum absolute atomic E-state index is 5.23. The van der Waals surface area contributed by atoms with E-state index in [1.165, 1.54) is 0 Å². The molecule has 1 aromatic heterocycles. The fourth-order valence-electron chi connectivity index (χ4n) is 2.84. The number of hydrogen-bond acceptors (Lipinski definition) is 6. The van der Waals surface area contributed by atoms with E-state index < -0.39 is 0 Å². The highest BCUT2D eigenvalue weighted by molar-refractivity contribution is 7.98. The third-order valence-electron chi connectivity index (χ3n) is 4.39. The number of methoxy groups -OCH3 is 1. The average molecular weight is 344 g/mol. The van der Waals surface area contributed by atoms with Crippen LogP contribution in [0.4, 0.5) is 5.82 Å². The van der Waals surface area contributed by atoms with Gasteiger partial charge in [-0.2, -0.15) is 0 Å². The van der Waals surface area contributed by atoms with Crippen LogP contribution < -0.4 is 9.64 Å². The Labute approximate surface area is 148 Å². The summed E-state index contributed by atoms with van der Waals surface area (Å²) >= 11 is 1.66. The van der Waals surface area contributed by atoms with Crippen molar-refractivity contribution in [1.82, 2.24) is 14.9 Å². The van der Waals surface area contributed by atoms with Crippen LogP contribution in [0.5, 0.6) is 5.75 Å². The van der Waals surface area contributed by atoms with Gasteiger partial charge in [-0.25, -0.2) is 9.97 Å². The van der Waals surface area contributed by atoms with Crippen LogP contribution in [0.1, 0.15) is 6.92 Å². The molecule has 0 radical (unpaired) electrons. The zero-order valence-electron chi connectivity index (χ0n) is 14.5. The first-order chi connectivity index (χ1) is 11.7.